The van der Waals surface area contributed by atoms with Gasteiger partial charge in [-0.25, -0.2) is 0 Å². The average molecular weight is 263 g/mol. The van der Waals surface area contributed by atoms with Gasteiger partial charge in [0.2, 0.25) is 0 Å². The van der Waals surface area contributed by atoms with Gasteiger partial charge in [0.1, 0.15) is 0 Å². The molecule has 3 N–H and O–H groups in total. The Labute approximate surface area is 111 Å². The number of anilines is 1. The van der Waals surface area contributed by atoms with Crippen LogP contribution in [0, 0.1) is 16.0 Å². The first-order valence-corrected chi connectivity index (χ1v) is 6.40. The van der Waals surface area contributed by atoms with Crippen molar-refractivity contribution in [3.8, 4) is 0 Å². The summed E-state index contributed by atoms with van der Waals surface area (Å²) in [6.07, 6.45) is 4.67. The third-order valence-corrected chi connectivity index (χ3v) is 3.52. The molecule has 0 aromatic heterocycles. The van der Waals surface area contributed by atoms with E-state index in [0.29, 0.717) is 12.5 Å². The molecule has 0 radical (unpaired) electrons. The third kappa shape index (κ3) is 3.21. The number of rotatable bonds is 4. The number of nitro benzene ring substituents is 1. The van der Waals surface area contributed by atoms with Crippen molar-refractivity contribution >= 4 is 17.3 Å². The van der Waals surface area contributed by atoms with Crippen LogP contribution in [-0.2, 0) is 0 Å². The zero-order valence-electron chi connectivity index (χ0n) is 10.6. The number of nitrogens with two attached hydrogens (primary N) is 1. The van der Waals surface area contributed by atoms with E-state index in [0.717, 1.165) is 12.8 Å². The Kier molecular flexibility index (Phi) is 3.99. The van der Waals surface area contributed by atoms with Crippen LogP contribution in [0.25, 0.3) is 0 Å². The minimum atomic E-state index is -0.535. The highest BCUT2D eigenvalue weighted by Gasteiger charge is 2.18. The molecule has 0 aliphatic heterocycles. The molecule has 1 saturated carbocycles. The predicted octanol–water partition coefficient (Wildman–Crippen LogP) is 2.10. The van der Waals surface area contributed by atoms with Crippen molar-refractivity contribution in [2.24, 2.45) is 5.92 Å². The molecule has 1 aliphatic rings. The Hall–Kier alpha value is -2.11. The summed E-state index contributed by atoms with van der Waals surface area (Å²) >= 11 is 0. The highest BCUT2D eigenvalue weighted by Crippen LogP contribution is 2.24. The fourth-order valence-electron chi connectivity index (χ4n) is 2.40. The van der Waals surface area contributed by atoms with E-state index in [-0.39, 0.29) is 22.8 Å². The molecule has 6 heteroatoms. The molecule has 1 fully saturated rings. The highest BCUT2D eigenvalue weighted by atomic mass is 16.6. The molecule has 1 aliphatic carbocycles. The normalized spacial score (nSPS) is 15.4. The van der Waals surface area contributed by atoms with Crippen molar-refractivity contribution in [2.75, 3.05) is 12.3 Å². The van der Waals surface area contributed by atoms with Gasteiger partial charge in [-0.1, -0.05) is 12.8 Å². The number of nitrogen functional groups attached to an aromatic ring is 1. The first-order valence-electron chi connectivity index (χ1n) is 6.40. The lowest BCUT2D eigenvalue weighted by molar-refractivity contribution is -0.384. The van der Waals surface area contributed by atoms with Crippen LogP contribution in [-0.4, -0.2) is 17.4 Å². The first-order chi connectivity index (χ1) is 9.08. The zero-order valence-corrected chi connectivity index (χ0v) is 10.6. The van der Waals surface area contributed by atoms with Crippen LogP contribution in [0.3, 0.4) is 0 Å². The summed E-state index contributed by atoms with van der Waals surface area (Å²) in [5.74, 6) is 0.178. The molecule has 0 unspecified atom stereocenters. The molecule has 1 aromatic rings. The summed E-state index contributed by atoms with van der Waals surface area (Å²) in [5.41, 5.74) is 6.00. The van der Waals surface area contributed by atoms with Crippen molar-refractivity contribution < 1.29 is 9.72 Å². The minimum Gasteiger partial charge on any atom is -0.398 e. The van der Waals surface area contributed by atoms with E-state index >= 15 is 0 Å². The standard InChI is InChI=1S/C13H17N3O3/c14-12-6-5-10(16(18)19)7-11(12)13(17)15-8-9-3-1-2-4-9/h5-7,9H,1-4,8,14H2,(H,15,17). The first kappa shape index (κ1) is 13.3. The SMILES string of the molecule is Nc1ccc([N+](=O)[O-])cc1C(=O)NCC1CCCC1. The van der Waals surface area contributed by atoms with Crippen LogP contribution in [0.5, 0.6) is 0 Å². The summed E-state index contributed by atoms with van der Waals surface area (Å²) in [7, 11) is 0. The molecular formula is C13H17N3O3. The number of non-ortho nitro benzene ring substituents is 1. The largest absolute Gasteiger partial charge is 0.398 e. The van der Waals surface area contributed by atoms with Gasteiger partial charge in [-0.05, 0) is 24.8 Å². The molecular weight excluding hydrogens is 246 g/mol. The van der Waals surface area contributed by atoms with Crippen LogP contribution in [0.4, 0.5) is 11.4 Å². The molecule has 0 bridgehead atoms. The van der Waals surface area contributed by atoms with E-state index in [9.17, 15) is 14.9 Å². The van der Waals surface area contributed by atoms with Crippen LogP contribution in [0.2, 0.25) is 0 Å². The summed E-state index contributed by atoms with van der Waals surface area (Å²) < 4.78 is 0. The molecule has 6 nitrogen and oxygen atoms in total. The Bertz CT molecular complexity index is 496. The second-order valence-corrected chi connectivity index (χ2v) is 4.89. The fraction of sp³-hybridized carbons (Fsp3) is 0.462. The van der Waals surface area contributed by atoms with Gasteiger partial charge in [0.15, 0.2) is 0 Å². The summed E-state index contributed by atoms with van der Waals surface area (Å²) in [5, 5.41) is 13.5. The van der Waals surface area contributed by atoms with Crippen molar-refractivity contribution in [2.45, 2.75) is 25.7 Å². The Morgan fingerprint density at radius 2 is 2.11 bits per heavy atom. The Morgan fingerprint density at radius 1 is 1.42 bits per heavy atom. The lowest BCUT2D eigenvalue weighted by Crippen LogP contribution is -2.29. The van der Waals surface area contributed by atoms with E-state index in [2.05, 4.69) is 5.32 Å². The van der Waals surface area contributed by atoms with Gasteiger partial charge >= 0.3 is 0 Å². The van der Waals surface area contributed by atoms with Gasteiger partial charge in [0.05, 0.1) is 10.5 Å². The van der Waals surface area contributed by atoms with Crippen molar-refractivity contribution in [3.63, 3.8) is 0 Å². The minimum absolute atomic E-state index is 0.125. The van der Waals surface area contributed by atoms with Crippen LogP contribution in [0.15, 0.2) is 18.2 Å². The van der Waals surface area contributed by atoms with Gasteiger partial charge < -0.3 is 11.1 Å². The average Bonchev–Trinajstić information content (AvgIpc) is 2.89. The summed E-state index contributed by atoms with van der Waals surface area (Å²) in [6, 6.07) is 3.91. The number of carbonyl (C=O) groups is 1. The molecule has 0 saturated heterocycles. The van der Waals surface area contributed by atoms with Crippen molar-refractivity contribution in [1.29, 1.82) is 0 Å². The number of hydrogen-bond donors (Lipinski definition) is 2. The van der Waals surface area contributed by atoms with E-state index < -0.39 is 4.92 Å². The predicted molar refractivity (Wildman–Crippen MR) is 71.8 cm³/mol. The maximum absolute atomic E-state index is 12.0. The molecule has 0 heterocycles. The van der Waals surface area contributed by atoms with Crippen molar-refractivity contribution in [1.82, 2.24) is 5.32 Å². The quantitative estimate of drug-likeness (QED) is 0.493. The number of nitrogens with one attached hydrogen (secondary N) is 1. The number of hydrogen-bond acceptors (Lipinski definition) is 4. The molecule has 2 rings (SSSR count). The molecule has 102 valence electrons. The summed E-state index contributed by atoms with van der Waals surface area (Å²) in [4.78, 5) is 22.1. The smallest absolute Gasteiger partial charge is 0.270 e. The number of amides is 1. The lowest BCUT2D eigenvalue weighted by atomic mass is 10.1. The van der Waals surface area contributed by atoms with Crippen molar-refractivity contribution in [3.05, 3.63) is 33.9 Å². The molecule has 19 heavy (non-hydrogen) atoms. The van der Waals surface area contributed by atoms with Crippen LogP contribution >= 0.6 is 0 Å². The summed E-state index contributed by atoms with van der Waals surface area (Å²) in [6.45, 7) is 0.612. The molecule has 1 aromatic carbocycles. The van der Waals surface area contributed by atoms with Gasteiger partial charge in [-0.15, -0.1) is 0 Å². The van der Waals surface area contributed by atoms with Gasteiger partial charge in [-0.3, -0.25) is 14.9 Å². The Morgan fingerprint density at radius 3 is 2.74 bits per heavy atom. The number of nitrogens with zero attached hydrogens (tertiary/aromatic N) is 1. The maximum atomic E-state index is 12.0. The van der Waals surface area contributed by atoms with Gasteiger partial charge in [0, 0.05) is 24.4 Å². The van der Waals surface area contributed by atoms with E-state index in [1.54, 1.807) is 0 Å². The van der Waals surface area contributed by atoms with Gasteiger partial charge in [0.25, 0.3) is 11.6 Å². The van der Waals surface area contributed by atoms with Gasteiger partial charge in [-0.2, -0.15) is 0 Å². The molecule has 1 amide bonds. The number of benzene rings is 1. The second kappa shape index (κ2) is 5.69. The maximum Gasteiger partial charge on any atom is 0.270 e. The van der Waals surface area contributed by atoms with Crippen LogP contribution < -0.4 is 11.1 Å². The van der Waals surface area contributed by atoms with E-state index in [1.165, 1.54) is 31.0 Å². The lowest BCUT2D eigenvalue weighted by Gasteiger charge is -2.11. The highest BCUT2D eigenvalue weighted by molar-refractivity contribution is 5.99. The fourth-order valence-corrected chi connectivity index (χ4v) is 2.40. The Balaban J connectivity index is 2.04. The van der Waals surface area contributed by atoms with Crippen LogP contribution in [0.1, 0.15) is 36.0 Å². The second-order valence-electron chi connectivity index (χ2n) is 4.89. The van der Waals surface area contributed by atoms with E-state index in [4.69, 9.17) is 5.73 Å². The molecule has 0 spiro atoms. The zero-order chi connectivity index (χ0) is 13.8. The monoisotopic (exact) mass is 263 g/mol. The third-order valence-electron chi connectivity index (χ3n) is 3.52. The topological polar surface area (TPSA) is 98.3 Å². The number of nitro groups is 1. The van der Waals surface area contributed by atoms with E-state index in [1.807, 2.05) is 0 Å². The molecule has 0 atom stereocenters. The number of carbonyl (C=O) groups excluding carboxylic acids is 1.